The van der Waals surface area contributed by atoms with Crippen molar-refractivity contribution in [3.63, 3.8) is 0 Å². The van der Waals surface area contributed by atoms with Gasteiger partial charge in [-0.1, -0.05) is 50.2 Å². The normalized spacial score (nSPS) is 12.4. The van der Waals surface area contributed by atoms with Crippen LogP contribution < -0.4 is 0 Å². The minimum atomic E-state index is -0.265. The number of benzene rings is 2. The Bertz CT molecular complexity index is 1080. The summed E-state index contributed by atoms with van der Waals surface area (Å²) in [5.41, 5.74) is 3.69. The van der Waals surface area contributed by atoms with Gasteiger partial charge in [-0.05, 0) is 30.2 Å². The zero-order valence-corrected chi connectivity index (χ0v) is 16.1. The molecule has 5 heteroatoms. The van der Waals surface area contributed by atoms with E-state index in [9.17, 15) is 4.39 Å². The molecule has 0 amide bonds. The fourth-order valence-electron chi connectivity index (χ4n) is 3.06. The van der Waals surface area contributed by atoms with E-state index in [4.69, 9.17) is 0 Å². The minimum Gasteiger partial charge on any atom is -0.300 e. The van der Waals surface area contributed by atoms with Crippen LogP contribution in [-0.4, -0.2) is 19.8 Å². The van der Waals surface area contributed by atoms with Crippen molar-refractivity contribution < 1.29 is 4.39 Å². The van der Waals surface area contributed by atoms with E-state index in [2.05, 4.69) is 35.9 Å². The maximum atomic E-state index is 13.8. The molecule has 0 unspecified atom stereocenters. The van der Waals surface area contributed by atoms with Crippen molar-refractivity contribution in [3.8, 4) is 16.8 Å². The Morgan fingerprint density at radius 2 is 1.89 bits per heavy atom. The molecule has 0 fully saturated rings. The summed E-state index contributed by atoms with van der Waals surface area (Å²) in [5.74, 6) is -0.265. The van der Waals surface area contributed by atoms with Gasteiger partial charge in [0.2, 0.25) is 0 Å². The lowest BCUT2D eigenvalue weighted by molar-refractivity contribution is 0.627. The van der Waals surface area contributed by atoms with Gasteiger partial charge >= 0.3 is 0 Å². The molecule has 1 atom stereocenters. The predicted octanol–water partition coefficient (Wildman–Crippen LogP) is 6.12. The number of hydrogen-bond donors (Lipinski definition) is 0. The first-order chi connectivity index (χ1) is 13.2. The highest BCUT2D eigenvalue weighted by Gasteiger charge is 2.18. The predicted molar refractivity (Wildman–Crippen MR) is 110 cm³/mol. The van der Waals surface area contributed by atoms with Crippen molar-refractivity contribution in [3.05, 3.63) is 72.9 Å². The van der Waals surface area contributed by atoms with Gasteiger partial charge in [-0.25, -0.2) is 14.4 Å². The van der Waals surface area contributed by atoms with Gasteiger partial charge in [0.15, 0.2) is 0 Å². The molecule has 2 aromatic carbocycles. The van der Waals surface area contributed by atoms with Gasteiger partial charge in [0.25, 0.3) is 0 Å². The van der Waals surface area contributed by atoms with Crippen LogP contribution in [0.15, 0.2) is 72.1 Å². The number of thioether (sulfide) groups is 1. The lowest BCUT2D eigenvalue weighted by Gasteiger charge is -2.10. The number of nitrogens with zero attached hydrogens (tertiary/aromatic N) is 3. The summed E-state index contributed by atoms with van der Waals surface area (Å²) in [6.45, 7) is 4.37. The third-order valence-corrected chi connectivity index (χ3v) is 5.88. The first-order valence-corrected chi connectivity index (χ1v) is 9.89. The van der Waals surface area contributed by atoms with Crippen LogP contribution in [0.5, 0.6) is 0 Å². The highest BCUT2D eigenvalue weighted by atomic mass is 32.2. The van der Waals surface area contributed by atoms with E-state index < -0.39 is 0 Å². The van der Waals surface area contributed by atoms with Gasteiger partial charge in [0.05, 0.1) is 5.39 Å². The summed E-state index contributed by atoms with van der Waals surface area (Å²) in [7, 11) is 0. The summed E-state index contributed by atoms with van der Waals surface area (Å²) in [4.78, 5) is 9.11. The fraction of sp³-hybridized carbons (Fsp3) is 0.182. The summed E-state index contributed by atoms with van der Waals surface area (Å²) in [5, 5.41) is 2.42. The molecule has 2 aromatic heterocycles. The first-order valence-electron chi connectivity index (χ1n) is 9.01. The van der Waals surface area contributed by atoms with E-state index >= 15 is 0 Å². The second kappa shape index (κ2) is 7.53. The van der Waals surface area contributed by atoms with Crippen LogP contribution in [0.4, 0.5) is 4.39 Å². The highest BCUT2D eigenvalue weighted by Crippen LogP contribution is 2.38. The molecular weight excluding hydrogens is 357 g/mol. The van der Waals surface area contributed by atoms with Crippen molar-refractivity contribution in [2.75, 3.05) is 0 Å². The monoisotopic (exact) mass is 377 g/mol. The molecule has 27 heavy (non-hydrogen) atoms. The molecule has 0 saturated carbocycles. The molecule has 0 saturated heterocycles. The second-order valence-electron chi connectivity index (χ2n) is 6.47. The van der Waals surface area contributed by atoms with E-state index in [0.717, 1.165) is 39.3 Å². The quantitative estimate of drug-likeness (QED) is 0.310. The van der Waals surface area contributed by atoms with Crippen LogP contribution in [0.2, 0.25) is 0 Å². The van der Waals surface area contributed by atoms with Crippen molar-refractivity contribution in [2.24, 2.45) is 0 Å². The summed E-state index contributed by atoms with van der Waals surface area (Å²) in [6, 6.07) is 16.8. The highest BCUT2D eigenvalue weighted by molar-refractivity contribution is 8.00. The number of halogens is 1. The van der Waals surface area contributed by atoms with Gasteiger partial charge in [0.1, 0.15) is 22.8 Å². The van der Waals surface area contributed by atoms with E-state index in [1.165, 1.54) is 12.1 Å². The average molecular weight is 377 g/mol. The fourth-order valence-corrected chi connectivity index (χ4v) is 4.03. The zero-order chi connectivity index (χ0) is 18.8. The van der Waals surface area contributed by atoms with Gasteiger partial charge in [-0.15, -0.1) is 11.8 Å². The molecule has 0 radical (unpaired) electrons. The van der Waals surface area contributed by atoms with E-state index in [1.807, 2.05) is 35.0 Å². The first kappa shape index (κ1) is 17.7. The maximum Gasteiger partial charge on any atom is 0.149 e. The van der Waals surface area contributed by atoms with Gasteiger partial charge < -0.3 is 4.57 Å². The van der Waals surface area contributed by atoms with Crippen LogP contribution >= 0.6 is 11.8 Å². The Labute approximate surface area is 162 Å². The molecule has 0 aliphatic carbocycles. The Morgan fingerprint density at radius 3 is 2.63 bits per heavy atom. The van der Waals surface area contributed by atoms with Crippen molar-refractivity contribution in [1.82, 2.24) is 14.5 Å². The van der Waals surface area contributed by atoms with Crippen LogP contribution in [0, 0.1) is 5.82 Å². The standard InChI is InChI=1S/C22H20FN3S/c1-3-15(2)27-22-20-19(16-8-5-4-6-9-16)13-26(21(20)24-14-25-22)18-11-7-10-17(23)12-18/h4-15H,3H2,1-2H3/t15-/m0/s1. The second-order valence-corrected chi connectivity index (χ2v) is 7.90. The Hall–Kier alpha value is -2.66. The molecule has 0 bridgehead atoms. The average Bonchev–Trinajstić information content (AvgIpc) is 3.09. The van der Waals surface area contributed by atoms with Crippen LogP contribution in [0.1, 0.15) is 20.3 Å². The molecule has 0 aliphatic rings. The summed E-state index contributed by atoms with van der Waals surface area (Å²) >= 11 is 1.76. The van der Waals surface area contributed by atoms with E-state index in [1.54, 1.807) is 24.2 Å². The minimum absolute atomic E-state index is 0.265. The molecule has 4 rings (SSSR count). The van der Waals surface area contributed by atoms with Gasteiger partial charge in [-0.3, -0.25) is 0 Å². The number of aromatic nitrogens is 3. The lowest BCUT2D eigenvalue weighted by Crippen LogP contribution is -1.97. The molecule has 136 valence electrons. The van der Waals surface area contributed by atoms with Crippen LogP contribution in [-0.2, 0) is 0 Å². The van der Waals surface area contributed by atoms with Gasteiger partial charge in [0, 0.05) is 22.7 Å². The molecule has 0 N–H and O–H groups in total. The van der Waals surface area contributed by atoms with Gasteiger partial charge in [-0.2, -0.15) is 0 Å². The van der Waals surface area contributed by atoms with Crippen molar-refractivity contribution >= 4 is 22.8 Å². The smallest absolute Gasteiger partial charge is 0.149 e. The van der Waals surface area contributed by atoms with Crippen LogP contribution in [0.25, 0.3) is 27.8 Å². The van der Waals surface area contributed by atoms with Crippen molar-refractivity contribution in [1.29, 1.82) is 0 Å². The molecule has 0 aliphatic heterocycles. The molecule has 0 spiro atoms. The third-order valence-electron chi connectivity index (χ3n) is 4.61. The van der Waals surface area contributed by atoms with E-state index in [-0.39, 0.29) is 5.82 Å². The van der Waals surface area contributed by atoms with E-state index in [0.29, 0.717) is 5.25 Å². The van der Waals surface area contributed by atoms with Crippen molar-refractivity contribution in [2.45, 2.75) is 30.5 Å². The Balaban J connectivity index is 2.00. The molecule has 4 aromatic rings. The Kier molecular flexibility index (Phi) is 4.94. The number of fused-ring (bicyclic) bond motifs is 1. The third kappa shape index (κ3) is 3.47. The lowest BCUT2D eigenvalue weighted by atomic mass is 10.1. The number of hydrogen-bond acceptors (Lipinski definition) is 3. The molecule has 2 heterocycles. The topological polar surface area (TPSA) is 30.7 Å². The zero-order valence-electron chi connectivity index (χ0n) is 15.3. The number of rotatable bonds is 5. The maximum absolute atomic E-state index is 13.8. The largest absolute Gasteiger partial charge is 0.300 e. The SMILES string of the molecule is CC[C@H](C)Sc1ncnc2c1c(-c1ccccc1)cn2-c1cccc(F)c1. The summed E-state index contributed by atoms with van der Waals surface area (Å²) < 4.78 is 15.8. The van der Waals surface area contributed by atoms with Crippen LogP contribution in [0.3, 0.4) is 0 Å². The summed E-state index contributed by atoms with van der Waals surface area (Å²) in [6.07, 6.45) is 4.68. The molecular formula is C22H20FN3S. The molecule has 3 nitrogen and oxygen atoms in total. The Morgan fingerprint density at radius 1 is 1.07 bits per heavy atom.